The average molecular weight is 451 g/mol. The molecule has 4 aromatic carbocycles. The maximum Gasteiger partial charge on any atom is 0.258 e. The number of nitrogens with zero attached hydrogens (tertiary/aromatic N) is 1. The highest BCUT2D eigenvalue weighted by Crippen LogP contribution is 2.19. The Morgan fingerprint density at radius 1 is 0.706 bits per heavy atom. The van der Waals surface area contributed by atoms with Crippen molar-refractivity contribution in [1.29, 1.82) is 0 Å². The summed E-state index contributed by atoms with van der Waals surface area (Å²) in [6, 6.07) is 34.9. The highest BCUT2D eigenvalue weighted by atomic mass is 16.5. The van der Waals surface area contributed by atoms with Crippen molar-refractivity contribution >= 4 is 17.8 Å². The first-order valence-corrected chi connectivity index (χ1v) is 11.1. The van der Waals surface area contributed by atoms with Crippen LogP contribution >= 0.6 is 0 Å². The van der Waals surface area contributed by atoms with Crippen molar-refractivity contribution in [2.45, 2.75) is 13.2 Å². The first-order chi connectivity index (χ1) is 16.7. The fourth-order valence-electron chi connectivity index (χ4n) is 3.16. The van der Waals surface area contributed by atoms with Gasteiger partial charge in [0, 0.05) is 12.8 Å². The molecule has 0 aliphatic heterocycles. The molecule has 1 amide bonds. The molecular weight excluding hydrogens is 424 g/mol. The van der Waals surface area contributed by atoms with Gasteiger partial charge in [-0.25, -0.2) is 0 Å². The Labute approximate surface area is 199 Å². The maximum atomic E-state index is 12.0. The van der Waals surface area contributed by atoms with Gasteiger partial charge in [-0.1, -0.05) is 60.7 Å². The number of carbonyl (C=O) groups is 1. The molecule has 0 spiro atoms. The molecule has 0 aromatic heterocycles. The lowest BCUT2D eigenvalue weighted by Crippen LogP contribution is -2.28. The Morgan fingerprint density at radius 2 is 1.29 bits per heavy atom. The smallest absolute Gasteiger partial charge is 0.258 e. The molecule has 34 heavy (non-hydrogen) atoms. The number of nitrogens with one attached hydrogen (secondary N) is 1. The van der Waals surface area contributed by atoms with Gasteiger partial charge in [0.1, 0.15) is 18.1 Å². The van der Waals surface area contributed by atoms with Gasteiger partial charge in [-0.05, 0) is 65.2 Å². The second kappa shape index (κ2) is 12.0. The fraction of sp³-hybridized carbons (Fsp3) is 0.103. The lowest BCUT2D eigenvalue weighted by molar-refractivity contribution is -0.123. The Kier molecular flexibility index (Phi) is 8.06. The number of aliphatic imine (C=N–C) groups is 1. The number of carbonyl (C=O) groups excluding carboxylic acids is 1. The summed E-state index contributed by atoms with van der Waals surface area (Å²) in [4.78, 5) is 16.5. The van der Waals surface area contributed by atoms with Gasteiger partial charge in [0.25, 0.3) is 5.91 Å². The summed E-state index contributed by atoms with van der Waals surface area (Å²) >= 11 is 0. The van der Waals surface area contributed by atoms with E-state index in [-0.39, 0.29) is 12.5 Å². The van der Waals surface area contributed by atoms with E-state index >= 15 is 0 Å². The third kappa shape index (κ3) is 7.35. The Morgan fingerprint density at radius 3 is 1.97 bits per heavy atom. The van der Waals surface area contributed by atoms with Gasteiger partial charge >= 0.3 is 0 Å². The minimum absolute atomic E-state index is 0.0288. The lowest BCUT2D eigenvalue weighted by atomic mass is 10.2. The molecule has 0 saturated heterocycles. The Balaban J connectivity index is 1.21. The molecule has 4 rings (SSSR count). The maximum absolute atomic E-state index is 12.0. The van der Waals surface area contributed by atoms with Crippen LogP contribution in [0.3, 0.4) is 0 Å². The molecule has 0 atom stereocenters. The minimum Gasteiger partial charge on any atom is -0.489 e. The number of ether oxygens (including phenoxy) is 2. The van der Waals surface area contributed by atoms with E-state index in [1.165, 1.54) is 0 Å². The SMILES string of the molecule is O=C(COc1ccc(C=Nc2ccc(OCc3ccccc3)cc2)cc1)NCc1ccccc1. The molecule has 4 aromatic rings. The quantitative estimate of drug-likeness (QED) is 0.315. The average Bonchev–Trinajstić information content (AvgIpc) is 2.91. The summed E-state index contributed by atoms with van der Waals surface area (Å²) in [5, 5.41) is 2.85. The largest absolute Gasteiger partial charge is 0.489 e. The summed E-state index contributed by atoms with van der Waals surface area (Å²) in [6.45, 7) is 0.990. The zero-order valence-corrected chi connectivity index (χ0v) is 18.8. The van der Waals surface area contributed by atoms with Crippen molar-refractivity contribution in [2.75, 3.05) is 6.61 Å². The molecule has 0 aliphatic carbocycles. The van der Waals surface area contributed by atoms with Crippen LogP contribution in [-0.4, -0.2) is 18.7 Å². The van der Waals surface area contributed by atoms with Gasteiger partial charge in [-0.15, -0.1) is 0 Å². The zero-order valence-electron chi connectivity index (χ0n) is 18.8. The number of rotatable bonds is 10. The first-order valence-electron chi connectivity index (χ1n) is 11.1. The predicted molar refractivity (Wildman–Crippen MR) is 135 cm³/mol. The van der Waals surface area contributed by atoms with E-state index < -0.39 is 0 Å². The predicted octanol–water partition coefficient (Wildman–Crippen LogP) is 5.71. The van der Waals surface area contributed by atoms with Crippen LogP contribution in [0.15, 0.2) is 114 Å². The molecule has 5 heteroatoms. The van der Waals surface area contributed by atoms with E-state index in [0.717, 1.165) is 28.1 Å². The molecule has 5 nitrogen and oxygen atoms in total. The molecule has 0 radical (unpaired) electrons. The monoisotopic (exact) mass is 450 g/mol. The second-order valence-corrected chi connectivity index (χ2v) is 7.65. The molecule has 0 aliphatic rings. The van der Waals surface area contributed by atoms with Gasteiger partial charge in [0.15, 0.2) is 6.61 Å². The number of amides is 1. The van der Waals surface area contributed by atoms with E-state index in [1.807, 2.05) is 109 Å². The normalized spacial score (nSPS) is 10.7. The summed E-state index contributed by atoms with van der Waals surface area (Å²) in [5.41, 5.74) is 3.95. The first kappa shape index (κ1) is 22.8. The van der Waals surface area contributed by atoms with Gasteiger partial charge in [0.2, 0.25) is 0 Å². The summed E-state index contributed by atoms with van der Waals surface area (Å²) in [7, 11) is 0. The van der Waals surface area contributed by atoms with Crippen LogP contribution in [0.2, 0.25) is 0 Å². The fourth-order valence-corrected chi connectivity index (χ4v) is 3.16. The van der Waals surface area contributed by atoms with Crippen molar-refractivity contribution in [1.82, 2.24) is 5.32 Å². The highest BCUT2D eigenvalue weighted by Gasteiger charge is 2.03. The molecular formula is C29H26N2O3. The second-order valence-electron chi connectivity index (χ2n) is 7.65. The summed E-state index contributed by atoms with van der Waals surface area (Å²) in [6.07, 6.45) is 1.79. The van der Waals surface area contributed by atoms with Crippen LogP contribution < -0.4 is 14.8 Å². The van der Waals surface area contributed by atoms with Gasteiger partial charge in [0.05, 0.1) is 5.69 Å². The van der Waals surface area contributed by atoms with Crippen LogP contribution in [0.4, 0.5) is 5.69 Å². The van der Waals surface area contributed by atoms with Crippen LogP contribution in [0.25, 0.3) is 0 Å². The molecule has 0 fully saturated rings. The summed E-state index contributed by atoms with van der Waals surface area (Å²) < 4.78 is 11.4. The molecule has 170 valence electrons. The van der Waals surface area contributed by atoms with E-state index in [9.17, 15) is 4.79 Å². The van der Waals surface area contributed by atoms with Gasteiger partial charge in [-0.3, -0.25) is 9.79 Å². The van der Waals surface area contributed by atoms with E-state index in [2.05, 4.69) is 10.3 Å². The van der Waals surface area contributed by atoms with Crippen LogP contribution in [0.1, 0.15) is 16.7 Å². The van der Waals surface area contributed by atoms with Crippen molar-refractivity contribution in [3.05, 3.63) is 126 Å². The van der Waals surface area contributed by atoms with E-state index in [1.54, 1.807) is 6.21 Å². The Bertz CT molecular complexity index is 1190. The van der Waals surface area contributed by atoms with Crippen molar-refractivity contribution in [3.63, 3.8) is 0 Å². The van der Waals surface area contributed by atoms with Crippen LogP contribution in [0.5, 0.6) is 11.5 Å². The minimum atomic E-state index is -0.161. The van der Waals surface area contributed by atoms with Crippen molar-refractivity contribution < 1.29 is 14.3 Å². The number of benzene rings is 4. The third-order valence-electron chi connectivity index (χ3n) is 5.03. The Hall–Kier alpha value is -4.38. The van der Waals surface area contributed by atoms with E-state index in [4.69, 9.17) is 9.47 Å². The zero-order chi connectivity index (χ0) is 23.4. The molecule has 0 heterocycles. The van der Waals surface area contributed by atoms with E-state index in [0.29, 0.717) is 18.9 Å². The standard InChI is InChI=1S/C29H26N2O3/c32-29(31-20-23-7-3-1-4-8-23)22-34-27-15-11-24(12-16-27)19-30-26-13-17-28(18-14-26)33-21-25-9-5-2-6-10-25/h1-19H,20-22H2,(H,31,32). The van der Waals surface area contributed by atoms with Gasteiger partial charge in [-0.2, -0.15) is 0 Å². The molecule has 0 saturated carbocycles. The van der Waals surface area contributed by atoms with Gasteiger partial charge < -0.3 is 14.8 Å². The molecule has 0 bridgehead atoms. The van der Waals surface area contributed by atoms with Crippen molar-refractivity contribution in [2.24, 2.45) is 4.99 Å². The summed E-state index contributed by atoms with van der Waals surface area (Å²) in [5.74, 6) is 1.27. The van der Waals surface area contributed by atoms with Crippen LogP contribution in [-0.2, 0) is 17.9 Å². The highest BCUT2D eigenvalue weighted by molar-refractivity contribution is 5.82. The lowest BCUT2D eigenvalue weighted by Gasteiger charge is -2.08. The topological polar surface area (TPSA) is 59.9 Å². The van der Waals surface area contributed by atoms with Crippen LogP contribution in [0, 0.1) is 0 Å². The molecule has 1 N–H and O–H groups in total. The third-order valence-corrected chi connectivity index (χ3v) is 5.03. The number of hydrogen-bond donors (Lipinski definition) is 1. The molecule has 0 unspecified atom stereocenters. The number of hydrogen-bond acceptors (Lipinski definition) is 4. The van der Waals surface area contributed by atoms with Crippen molar-refractivity contribution in [3.8, 4) is 11.5 Å².